The van der Waals surface area contributed by atoms with Crippen LogP contribution in [0.5, 0.6) is 0 Å². The number of amides is 1. The van der Waals surface area contributed by atoms with Gasteiger partial charge in [0.05, 0.1) is 5.92 Å². The van der Waals surface area contributed by atoms with Crippen molar-refractivity contribution in [1.29, 1.82) is 0 Å². The highest BCUT2D eigenvalue weighted by Crippen LogP contribution is 2.31. The van der Waals surface area contributed by atoms with Crippen LogP contribution in [0.15, 0.2) is 48.1 Å². The third-order valence-electron chi connectivity index (χ3n) is 7.01. The Morgan fingerprint density at radius 1 is 1.17 bits per heavy atom. The maximum atomic E-state index is 13.1. The molecule has 2 atom stereocenters. The summed E-state index contributed by atoms with van der Waals surface area (Å²) in [5.41, 5.74) is 3.24. The van der Waals surface area contributed by atoms with E-state index >= 15 is 0 Å². The Morgan fingerprint density at radius 3 is 2.69 bits per heavy atom. The number of nitrogens with zero attached hydrogens (tertiary/aromatic N) is 3. The predicted octanol–water partition coefficient (Wildman–Crippen LogP) is 5.74. The van der Waals surface area contributed by atoms with E-state index in [0.29, 0.717) is 24.6 Å². The second-order valence-corrected chi connectivity index (χ2v) is 10.6. The average Bonchev–Trinajstić information content (AvgIpc) is 3.38. The molecule has 1 fully saturated rings. The number of anilines is 1. The monoisotopic (exact) mass is 508 g/mol. The number of nitrogens with one attached hydrogen (secondary N) is 1. The quantitative estimate of drug-likeness (QED) is 0.402. The molecule has 0 spiro atoms. The SMILES string of the molecule is CCCCN(C(=O)CC1=CC=CCC1)c1nnc(-c2ccc(CN[C@H]3CCCC[C@@H]3C(=O)O)cc2)s1. The van der Waals surface area contributed by atoms with Crippen molar-refractivity contribution in [3.05, 3.63) is 53.6 Å². The fourth-order valence-corrected chi connectivity index (χ4v) is 5.75. The highest BCUT2D eigenvalue weighted by molar-refractivity contribution is 7.18. The first-order chi connectivity index (χ1) is 17.5. The standard InChI is InChI=1S/C28H36N4O3S/c1-2-3-17-32(25(33)18-20-9-5-4-6-10-20)28-31-30-26(36-28)22-15-13-21(14-16-22)19-29-24-12-8-7-11-23(24)27(34)35/h4-5,9,13-16,23-24,29H,2-3,6-8,10-12,17-19H2,1H3,(H,34,35)/t23-,24-/m0/s1. The van der Waals surface area contributed by atoms with Crippen molar-refractivity contribution in [3.8, 4) is 10.6 Å². The van der Waals surface area contributed by atoms with Crippen LogP contribution < -0.4 is 10.2 Å². The zero-order valence-corrected chi connectivity index (χ0v) is 21.8. The smallest absolute Gasteiger partial charge is 0.308 e. The third kappa shape index (κ3) is 6.89. The number of carbonyl (C=O) groups excluding carboxylic acids is 1. The third-order valence-corrected chi connectivity index (χ3v) is 8.01. The second-order valence-electron chi connectivity index (χ2n) is 9.67. The summed E-state index contributed by atoms with van der Waals surface area (Å²) in [6.07, 6.45) is 14.2. The van der Waals surface area contributed by atoms with E-state index < -0.39 is 5.97 Å². The van der Waals surface area contributed by atoms with Crippen molar-refractivity contribution in [1.82, 2.24) is 15.5 Å². The van der Waals surface area contributed by atoms with E-state index in [9.17, 15) is 14.7 Å². The summed E-state index contributed by atoms with van der Waals surface area (Å²) in [7, 11) is 0. The van der Waals surface area contributed by atoms with Crippen LogP contribution in [0.25, 0.3) is 10.6 Å². The summed E-state index contributed by atoms with van der Waals surface area (Å²) in [5, 5.41) is 23.2. The largest absolute Gasteiger partial charge is 0.481 e. The predicted molar refractivity (Wildman–Crippen MR) is 144 cm³/mol. The molecule has 7 nitrogen and oxygen atoms in total. The van der Waals surface area contributed by atoms with Gasteiger partial charge in [-0.3, -0.25) is 14.5 Å². The Kier molecular flexibility index (Phi) is 9.41. The molecule has 0 aliphatic heterocycles. The normalized spacial score (nSPS) is 19.6. The van der Waals surface area contributed by atoms with Gasteiger partial charge >= 0.3 is 5.97 Å². The molecule has 1 heterocycles. The fourth-order valence-electron chi connectivity index (χ4n) is 4.86. The van der Waals surface area contributed by atoms with Crippen molar-refractivity contribution >= 4 is 28.3 Å². The maximum absolute atomic E-state index is 13.1. The van der Waals surface area contributed by atoms with E-state index in [2.05, 4.69) is 34.6 Å². The number of benzene rings is 1. The Labute approximate surface area is 217 Å². The van der Waals surface area contributed by atoms with E-state index in [0.717, 1.165) is 67.5 Å². The van der Waals surface area contributed by atoms with Crippen LogP contribution >= 0.6 is 11.3 Å². The second kappa shape index (κ2) is 12.9. The molecule has 0 bridgehead atoms. The number of aromatic nitrogens is 2. The van der Waals surface area contributed by atoms with Crippen LogP contribution in [0.3, 0.4) is 0 Å². The van der Waals surface area contributed by atoms with E-state index in [1.807, 2.05) is 30.3 Å². The summed E-state index contributed by atoms with van der Waals surface area (Å²) in [5.74, 6) is -0.924. The number of unbranched alkanes of at least 4 members (excludes halogenated alkanes) is 1. The summed E-state index contributed by atoms with van der Waals surface area (Å²) in [6, 6.07) is 8.16. The molecular weight excluding hydrogens is 472 g/mol. The summed E-state index contributed by atoms with van der Waals surface area (Å²) >= 11 is 1.45. The molecule has 192 valence electrons. The molecule has 8 heteroatoms. The van der Waals surface area contributed by atoms with Crippen molar-refractivity contribution in [2.24, 2.45) is 5.92 Å². The highest BCUT2D eigenvalue weighted by Gasteiger charge is 2.30. The van der Waals surface area contributed by atoms with Crippen LogP contribution in [-0.2, 0) is 16.1 Å². The Morgan fingerprint density at radius 2 is 1.97 bits per heavy atom. The van der Waals surface area contributed by atoms with Crippen LogP contribution in [-0.4, -0.2) is 39.8 Å². The Balaban J connectivity index is 1.40. The van der Waals surface area contributed by atoms with Crippen molar-refractivity contribution in [2.75, 3.05) is 11.4 Å². The summed E-state index contributed by atoms with van der Waals surface area (Å²) in [6.45, 7) is 3.41. The number of rotatable bonds is 11. The van der Waals surface area contributed by atoms with Crippen LogP contribution in [0, 0.1) is 5.92 Å². The number of allylic oxidation sites excluding steroid dienone is 3. The van der Waals surface area contributed by atoms with Crippen LogP contribution in [0.1, 0.15) is 70.3 Å². The molecule has 0 saturated heterocycles. The van der Waals surface area contributed by atoms with Gasteiger partial charge in [0.1, 0.15) is 5.01 Å². The molecule has 2 aliphatic rings. The lowest BCUT2D eigenvalue weighted by molar-refractivity contribution is -0.143. The maximum Gasteiger partial charge on any atom is 0.308 e. The topological polar surface area (TPSA) is 95.4 Å². The molecule has 0 radical (unpaired) electrons. The van der Waals surface area contributed by atoms with Gasteiger partial charge in [0, 0.05) is 31.1 Å². The number of carboxylic acids is 1. The van der Waals surface area contributed by atoms with Crippen molar-refractivity contribution in [3.63, 3.8) is 0 Å². The first-order valence-corrected chi connectivity index (χ1v) is 13.9. The fraction of sp³-hybridized carbons (Fsp3) is 0.500. The molecule has 1 amide bonds. The van der Waals surface area contributed by atoms with E-state index in [-0.39, 0.29) is 17.9 Å². The zero-order valence-electron chi connectivity index (χ0n) is 21.0. The average molecular weight is 509 g/mol. The summed E-state index contributed by atoms with van der Waals surface area (Å²) in [4.78, 5) is 26.5. The summed E-state index contributed by atoms with van der Waals surface area (Å²) < 4.78 is 0. The van der Waals surface area contributed by atoms with Gasteiger partial charge in [-0.2, -0.15) is 0 Å². The van der Waals surface area contributed by atoms with Crippen LogP contribution in [0.4, 0.5) is 5.13 Å². The van der Waals surface area contributed by atoms with Gasteiger partial charge in [-0.1, -0.05) is 85.6 Å². The number of carboxylic acid groups (broad SMARTS) is 1. The lowest BCUT2D eigenvalue weighted by atomic mass is 9.84. The van der Waals surface area contributed by atoms with Gasteiger partial charge < -0.3 is 10.4 Å². The van der Waals surface area contributed by atoms with Gasteiger partial charge in [-0.05, 0) is 37.7 Å². The van der Waals surface area contributed by atoms with E-state index in [4.69, 9.17) is 0 Å². The molecule has 0 unspecified atom stereocenters. The molecule has 36 heavy (non-hydrogen) atoms. The number of hydrogen-bond donors (Lipinski definition) is 2. The Hall–Kier alpha value is -2.84. The van der Waals surface area contributed by atoms with Crippen molar-refractivity contribution < 1.29 is 14.7 Å². The zero-order chi connectivity index (χ0) is 25.3. The molecule has 1 aromatic carbocycles. The lowest BCUT2D eigenvalue weighted by Gasteiger charge is -2.29. The van der Waals surface area contributed by atoms with Crippen molar-refractivity contribution in [2.45, 2.75) is 77.3 Å². The molecular formula is C28H36N4O3S. The van der Waals surface area contributed by atoms with Gasteiger partial charge in [0.2, 0.25) is 11.0 Å². The van der Waals surface area contributed by atoms with Gasteiger partial charge in [0.15, 0.2) is 0 Å². The molecule has 2 N–H and O–H groups in total. The van der Waals surface area contributed by atoms with Gasteiger partial charge in [0.25, 0.3) is 0 Å². The van der Waals surface area contributed by atoms with Crippen LogP contribution in [0.2, 0.25) is 0 Å². The highest BCUT2D eigenvalue weighted by atomic mass is 32.1. The number of aliphatic carboxylic acids is 1. The minimum Gasteiger partial charge on any atom is -0.481 e. The van der Waals surface area contributed by atoms with Gasteiger partial charge in [-0.25, -0.2) is 0 Å². The minimum atomic E-state index is -0.701. The van der Waals surface area contributed by atoms with E-state index in [1.165, 1.54) is 16.9 Å². The molecule has 1 aromatic heterocycles. The number of carbonyl (C=O) groups is 2. The Bertz CT molecular complexity index is 1090. The molecule has 4 rings (SSSR count). The minimum absolute atomic E-state index is 0.0219. The van der Waals surface area contributed by atoms with E-state index in [1.54, 1.807) is 4.90 Å². The molecule has 2 aliphatic carbocycles. The van der Waals surface area contributed by atoms with Gasteiger partial charge in [-0.15, -0.1) is 10.2 Å². The first-order valence-electron chi connectivity index (χ1n) is 13.1. The molecule has 1 saturated carbocycles. The lowest BCUT2D eigenvalue weighted by Crippen LogP contribution is -2.41. The number of hydrogen-bond acceptors (Lipinski definition) is 6. The molecule has 2 aromatic rings. The first kappa shape index (κ1) is 26.2.